The van der Waals surface area contributed by atoms with Crippen LogP contribution in [0.2, 0.25) is 0 Å². The van der Waals surface area contributed by atoms with Crippen molar-refractivity contribution in [3.8, 4) is 23.7 Å². The van der Waals surface area contributed by atoms with Crippen molar-refractivity contribution in [1.29, 1.82) is 0 Å². The summed E-state index contributed by atoms with van der Waals surface area (Å²) in [7, 11) is 1.88. The molecule has 0 aromatic carbocycles. The van der Waals surface area contributed by atoms with Crippen molar-refractivity contribution in [2.45, 2.75) is 66.2 Å². The minimum atomic E-state index is -0.0944. The summed E-state index contributed by atoms with van der Waals surface area (Å²) in [5, 5.41) is 14.5. The van der Waals surface area contributed by atoms with Crippen LogP contribution in [0, 0.1) is 35.0 Å². The van der Waals surface area contributed by atoms with Crippen molar-refractivity contribution in [2.24, 2.45) is 18.4 Å². The predicted molar refractivity (Wildman–Crippen MR) is 117 cm³/mol. The first kappa shape index (κ1) is 22.1. The van der Waals surface area contributed by atoms with Crippen molar-refractivity contribution >= 4 is 5.57 Å². The Bertz CT molecular complexity index is 835. The molecule has 1 N–H and O–H groups in total. The molecule has 1 fully saturated rings. The summed E-state index contributed by atoms with van der Waals surface area (Å²) in [6.45, 7) is 8.13. The summed E-state index contributed by atoms with van der Waals surface area (Å²) >= 11 is 0. The van der Waals surface area contributed by atoms with E-state index < -0.39 is 0 Å². The largest absolute Gasteiger partial charge is 0.392 e. The van der Waals surface area contributed by atoms with Gasteiger partial charge in [-0.15, -0.1) is 0 Å². The van der Waals surface area contributed by atoms with Gasteiger partial charge in [-0.1, -0.05) is 49.0 Å². The van der Waals surface area contributed by atoms with Crippen molar-refractivity contribution < 1.29 is 5.11 Å². The molecule has 0 atom stereocenters. The zero-order valence-electron chi connectivity index (χ0n) is 18.1. The lowest BCUT2D eigenvalue weighted by molar-refractivity contribution is 0.349. The van der Waals surface area contributed by atoms with Crippen LogP contribution in [0.5, 0.6) is 0 Å². The molecule has 0 spiro atoms. The Morgan fingerprint density at radius 2 is 2.00 bits per heavy atom. The molecule has 1 heterocycles. The minimum absolute atomic E-state index is 0.0880. The number of aliphatic hydroxyl groups excluding tert-OH is 1. The summed E-state index contributed by atoms with van der Waals surface area (Å²) < 4.78 is 1.75. The second-order valence-electron chi connectivity index (χ2n) is 8.65. The predicted octanol–water partition coefficient (Wildman–Crippen LogP) is 5.11. The van der Waals surface area contributed by atoms with Crippen LogP contribution in [0.25, 0.3) is 5.57 Å². The molecule has 0 aliphatic heterocycles. The molecule has 0 unspecified atom stereocenters. The molecular weight excluding hydrogens is 344 g/mol. The SMILES string of the molecule is C/C=C(C#CCC1CCCCC1)\C=C(/CO)c1nn(C)cc1C#CC(C)(C)C. The number of aryl methyl sites for hydroxylation is 1. The van der Waals surface area contributed by atoms with Crippen LogP contribution in [0.4, 0.5) is 0 Å². The first-order valence-corrected chi connectivity index (χ1v) is 10.4. The highest BCUT2D eigenvalue weighted by atomic mass is 16.3. The number of aliphatic hydroxyl groups is 1. The third-order valence-electron chi connectivity index (χ3n) is 4.86. The fourth-order valence-electron chi connectivity index (χ4n) is 3.33. The molecule has 0 radical (unpaired) electrons. The third-order valence-corrected chi connectivity index (χ3v) is 4.86. The second kappa shape index (κ2) is 10.4. The van der Waals surface area contributed by atoms with Crippen molar-refractivity contribution in [1.82, 2.24) is 9.78 Å². The molecular formula is C25H34N2O. The van der Waals surface area contributed by atoms with Crippen LogP contribution < -0.4 is 0 Å². The van der Waals surface area contributed by atoms with Gasteiger partial charge in [-0.05, 0) is 52.5 Å². The Balaban J connectivity index is 2.23. The number of rotatable bonds is 4. The first-order chi connectivity index (χ1) is 13.3. The van der Waals surface area contributed by atoms with Crippen molar-refractivity contribution in [2.75, 3.05) is 6.61 Å². The molecule has 1 aromatic rings. The van der Waals surface area contributed by atoms with Gasteiger partial charge in [0.1, 0.15) is 5.69 Å². The summed E-state index contributed by atoms with van der Waals surface area (Å²) in [4.78, 5) is 0. The molecule has 1 aromatic heterocycles. The second-order valence-corrected chi connectivity index (χ2v) is 8.65. The summed E-state index contributed by atoms with van der Waals surface area (Å²) in [6, 6.07) is 0. The van der Waals surface area contributed by atoms with Gasteiger partial charge >= 0.3 is 0 Å². The standard InChI is InChI=1S/C25H34N2O/c1-6-20(13-10-14-21-11-8-7-9-12-21)17-23(19-28)24-22(18-27(5)26-24)15-16-25(2,3)4/h6,17-18,21,28H,7-9,11-12,14,19H2,1-5H3/b20-6-,23-17+. The Hall–Kier alpha value is -2.23. The molecule has 1 aliphatic carbocycles. The average Bonchev–Trinajstić information content (AvgIpc) is 3.03. The van der Waals surface area contributed by atoms with Gasteiger partial charge in [-0.25, -0.2) is 0 Å². The van der Waals surface area contributed by atoms with Gasteiger partial charge in [0.2, 0.25) is 0 Å². The maximum absolute atomic E-state index is 9.97. The zero-order chi connectivity index (χ0) is 20.6. The normalized spacial score (nSPS) is 16.2. The number of hydrogen-bond acceptors (Lipinski definition) is 2. The van der Waals surface area contributed by atoms with Crippen LogP contribution in [-0.2, 0) is 7.05 Å². The van der Waals surface area contributed by atoms with E-state index in [9.17, 15) is 5.11 Å². The van der Waals surface area contributed by atoms with Crippen LogP contribution in [0.1, 0.15) is 77.5 Å². The molecule has 28 heavy (non-hydrogen) atoms. The highest BCUT2D eigenvalue weighted by Crippen LogP contribution is 2.26. The molecule has 2 rings (SSSR count). The van der Waals surface area contributed by atoms with E-state index in [-0.39, 0.29) is 12.0 Å². The molecule has 3 heteroatoms. The maximum atomic E-state index is 9.97. The van der Waals surface area contributed by atoms with Gasteiger partial charge in [0.25, 0.3) is 0 Å². The smallest absolute Gasteiger partial charge is 0.106 e. The van der Waals surface area contributed by atoms with Gasteiger partial charge in [0.05, 0.1) is 12.2 Å². The Labute approximate surface area is 170 Å². The Morgan fingerprint density at radius 1 is 1.29 bits per heavy atom. The third kappa shape index (κ3) is 7.06. The number of aromatic nitrogens is 2. The Morgan fingerprint density at radius 3 is 2.61 bits per heavy atom. The molecule has 150 valence electrons. The van der Waals surface area contributed by atoms with Crippen LogP contribution >= 0.6 is 0 Å². The molecule has 0 saturated heterocycles. The fourth-order valence-corrected chi connectivity index (χ4v) is 3.33. The van der Waals surface area contributed by atoms with E-state index in [4.69, 9.17) is 0 Å². The van der Waals surface area contributed by atoms with Crippen molar-refractivity contribution in [3.05, 3.63) is 35.2 Å². The van der Waals surface area contributed by atoms with E-state index in [1.165, 1.54) is 32.1 Å². The fraction of sp³-hybridized carbons (Fsp3) is 0.560. The highest BCUT2D eigenvalue weighted by molar-refractivity contribution is 5.72. The number of allylic oxidation sites excluding steroid dienone is 3. The molecule has 1 aliphatic rings. The van der Waals surface area contributed by atoms with Gasteiger partial charge in [0, 0.05) is 36.2 Å². The monoisotopic (exact) mass is 378 g/mol. The lowest BCUT2D eigenvalue weighted by Crippen LogP contribution is -2.04. The molecule has 3 nitrogen and oxygen atoms in total. The first-order valence-electron chi connectivity index (χ1n) is 10.4. The quantitative estimate of drug-likeness (QED) is 0.584. The van der Waals surface area contributed by atoms with Crippen molar-refractivity contribution in [3.63, 3.8) is 0 Å². The summed E-state index contributed by atoms with van der Waals surface area (Å²) in [5.74, 6) is 13.9. The lowest BCUT2D eigenvalue weighted by Gasteiger charge is -2.18. The van der Waals surface area contributed by atoms with Gasteiger partial charge in [-0.2, -0.15) is 5.10 Å². The van der Waals surface area contributed by atoms with E-state index in [1.54, 1.807) is 4.68 Å². The van der Waals surface area contributed by atoms with Crippen LogP contribution in [0.3, 0.4) is 0 Å². The van der Waals surface area contributed by atoms with E-state index in [0.29, 0.717) is 0 Å². The zero-order valence-corrected chi connectivity index (χ0v) is 18.1. The van der Waals surface area contributed by atoms with E-state index in [1.807, 2.05) is 32.3 Å². The summed E-state index contributed by atoms with van der Waals surface area (Å²) in [6.07, 6.45) is 13.5. The van der Waals surface area contributed by atoms with Gasteiger partial charge < -0.3 is 5.11 Å². The maximum Gasteiger partial charge on any atom is 0.106 e. The Kier molecular flexibility index (Phi) is 8.16. The molecule has 1 saturated carbocycles. The molecule has 0 bridgehead atoms. The van der Waals surface area contributed by atoms with E-state index >= 15 is 0 Å². The average molecular weight is 379 g/mol. The van der Waals surface area contributed by atoms with Gasteiger partial charge in [0.15, 0.2) is 0 Å². The van der Waals surface area contributed by atoms with Crippen LogP contribution in [0.15, 0.2) is 23.9 Å². The minimum Gasteiger partial charge on any atom is -0.392 e. The van der Waals surface area contributed by atoms with Gasteiger partial charge in [-0.3, -0.25) is 4.68 Å². The number of nitrogens with zero attached hydrogens (tertiary/aromatic N) is 2. The molecule has 0 amide bonds. The highest BCUT2D eigenvalue weighted by Gasteiger charge is 2.13. The van der Waals surface area contributed by atoms with Crippen LogP contribution in [-0.4, -0.2) is 21.5 Å². The van der Waals surface area contributed by atoms with E-state index in [0.717, 1.165) is 34.7 Å². The number of hydrogen-bond donors (Lipinski definition) is 1. The van der Waals surface area contributed by atoms with E-state index in [2.05, 4.69) is 49.6 Å². The lowest BCUT2D eigenvalue weighted by atomic mass is 9.87. The topological polar surface area (TPSA) is 38.1 Å². The summed E-state index contributed by atoms with van der Waals surface area (Å²) in [5.41, 5.74) is 3.15.